The van der Waals surface area contributed by atoms with Crippen LogP contribution in [0.5, 0.6) is 0 Å². The van der Waals surface area contributed by atoms with Crippen LogP contribution in [0.15, 0.2) is 30.3 Å². The summed E-state index contributed by atoms with van der Waals surface area (Å²) in [5, 5.41) is 1.50. The van der Waals surface area contributed by atoms with Gasteiger partial charge in [0.1, 0.15) is 7.11 Å². The molecular formula is C20H38O2Si3. The number of rotatable bonds is 7. The Bertz CT molecular complexity index is 555. The quantitative estimate of drug-likeness (QED) is 0.483. The molecule has 0 N–H and O–H groups in total. The number of ether oxygens (including phenoxy) is 1. The molecule has 0 heterocycles. The molecule has 1 rings (SSSR count). The van der Waals surface area contributed by atoms with Gasteiger partial charge >= 0.3 is 5.97 Å². The first kappa shape index (κ1) is 22.4. The lowest BCUT2D eigenvalue weighted by Gasteiger charge is -2.55. The Morgan fingerprint density at radius 2 is 1.28 bits per heavy atom. The number of carbonyl (C=O) groups is 1. The van der Waals surface area contributed by atoms with E-state index in [0.717, 1.165) is 0 Å². The van der Waals surface area contributed by atoms with Gasteiger partial charge in [-0.05, 0) is 5.92 Å². The van der Waals surface area contributed by atoms with Crippen molar-refractivity contribution in [3.05, 3.63) is 30.3 Å². The van der Waals surface area contributed by atoms with Gasteiger partial charge in [0, 0.05) is 15.2 Å². The second-order valence-electron chi connectivity index (χ2n) is 9.93. The topological polar surface area (TPSA) is 26.3 Å². The highest BCUT2D eigenvalue weighted by atomic mass is 29.6. The Morgan fingerprint density at radius 3 is 1.60 bits per heavy atom. The van der Waals surface area contributed by atoms with Crippen LogP contribution < -0.4 is 5.19 Å². The molecule has 0 saturated heterocycles. The molecule has 0 aliphatic rings. The molecule has 1 unspecified atom stereocenters. The van der Waals surface area contributed by atoms with E-state index in [-0.39, 0.29) is 17.6 Å². The van der Waals surface area contributed by atoms with Crippen LogP contribution in [0.4, 0.5) is 0 Å². The summed E-state index contributed by atoms with van der Waals surface area (Å²) < 4.78 is 6.34. The molecule has 1 aromatic rings. The zero-order valence-corrected chi connectivity index (χ0v) is 20.9. The first-order chi connectivity index (χ1) is 11.3. The van der Waals surface area contributed by atoms with E-state index in [1.807, 2.05) is 13.8 Å². The highest BCUT2D eigenvalue weighted by molar-refractivity contribution is 7.73. The first-order valence-corrected chi connectivity index (χ1v) is 20.6. The minimum atomic E-state index is -2.04. The highest BCUT2D eigenvalue weighted by Gasteiger charge is 2.62. The fourth-order valence-corrected chi connectivity index (χ4v) is 53.4. The minimum Gasteiger partial charge on any atom is -0.466 e. The second-order valence-corrected chi connectivity index (χ2v) is 36.9. The first-order valence-electron chi connectivity index (χ1n) is 9.52. The van der Waals surface area contributed by atoms with E-state index in [4.69, 9.17) is 4.74 Å². The molecule has 0 aliphatic carbocycles. The summed E-state index contributed by atoms with van der Waals surface area (Å²) in [6.45, 7) is 23.4. The van der Waals surface area contributed by atoms with Crippen molar-refractivity contribution in [2.24, 2.45) is 11.8 Å². The van der Waals surface area contributed by atoms with Gasteiger partial charge in [-0.3, -0.25) is 4.79 Å². The summed E-state index contributed by atoms with van der Waals surface area (Å²) in [6.07, 6.45) is 0. The lowest BCUT2D eigenvalue weighted by molar-refractivity contribution is -0.150. The molecule has 0 fully saturated rings. The minimum absolute atomic E-state index is 0.0389. The number of benzene rings is 1. The molecule has 5 heteroatoms. The van der Waals surface area contributed by atoms with E-state index in [1.54, 1.807) is 0 Å². The third-order valence-corrected chi connectivity index (χ3v) is 44.1. The van der Waals surface area contributed by atoms with Crippen LogP contribution in [0.2, 0.25) is 39.3 Å². The van der Waals surface area contributed by atoms with Crippen LogP contribution in [0.1, 0.15) is 27.7 Å². The maximum absolute atomic E-state index is 12.6. The molecule has 142 valence electrons. The summed E-state index contributed by atoms with van der Waals surface area (Å²) in [4.78, 5) is 12.6. The van der Waals surface area contributed by atoms with E-state index in [9.17, 15) is 4.79 Å². The lowest BCUT2D eigenvalue weighted by Crippen LogP contribution is -2.85. The SMILES string of the molecule is CC(C)C(=O)OC(C(C)C)[Si](c1ccccc1)([Si](C)(C)C)[Si](C)(C)C. The second kappa shape index (κ2) is 7.92. The predicted octanol–water partition coefficient (Wildman–Crippen LogP) is 4.94. The monoisotopic (exact) mass is 394 g/mol. The summed E-state index contributed by atoms with van der Waals surface area (Å²) in [7, 11) is -5.28. The van der Waals surface area contributed by atoms with Crippen LogP contribution in [0, 0.1) is 11.8 Å². The Kier molecular flexibility index (Phi) is 7.09. The zero-order chi connectivity index (χ0) is 19.6. The molecule has 0 radical (unpaired) electrons. The summed E-state index contributed by atoms with van der Waals surface area (Å²) in [6, 6.07) is 11.1. The largest absolute Gasteiger partial charge is 0.466 e. The van der Waals surface area contributed by atoms with Crippen LogP contribution in [-0.4, -0.2) is 34.0 Å². The number of hydrogen-bond donors (Lipinski definition) is 0. The Hall–Kier alpha value is -0.659. The summed E-state index contributed by atoms with van der Waals surface area (Å²) in [5.74, 6) is 0.225. The van der Waals surface area contributed by atoms with Crippen molar-refractivity contribution in [2.75, 3.05) is 0 Å². The average Bonchev–Trinajstić information content (AvgIpc) is 2.44. The van der Waals surface area contributed by atoms with E-state index < -0.39 is 22.3 Å². The van der Waals surface area contributed by atoms with Gasteiger partial charge in [0.25, 0.3) is 0 Å². The number of hydrogen-bond acceptors (Lipinski definition) is 2. The van der Waals surface area contributed by atoms with Gasteiger partial charge in [0.15, 0.2) is 0 Å². The third-order valence-electron chi connectivity index (χ3n) is 5.34. The summed E-state index contributed by atoms with van der Waals surface area (Å²) in [5.41, 5.74) is 0.0585. The van der Waals surface area contributed by atoms with Crippen molar-refractivity contribution in [1.29, 1.82) is 0 Å². The third kappa shape index (κ3) is 4.37. The zero-order valence-electron chi connectivity index (χ0n) is 17.9. The molecule has 0 bridgehead atoms. The highest BCUT2D eigenvalue weighted by Crippen LogP contribution is 2.36. The van der Waals surface area contributed by atoms with Crippen molar-refractivity contribution in [3.63, 3.8) is 0 Å². The van der Waals surface area contributed by atoms with Crippen molar-refractivity contribution in [1.82, 2.24) is 0 Å². The summed E-state index contributed by atoms with van der Waals surface area (Å²) >= 11 is 0. The molecule has 25 heavy (non-hydrogen) atoms. The molecule has 1 aromatic carbocycles. The molecule has 0 aliphatic heterocycles. The smallest absolute Gasteiger partial charge is 0.308 e. The average molecular weight is 395 g/mol. The number of carbonyl (C=O) groups excluding carboxylic acids is 1. The van der Waals surface area contributed by atoms with Gasteiger partial charge in [-0.15, -0.1) is 0 Å². The maximum Gasteiger partial charge on any atom is 0.308 e. The van der Waals surface area contributed by atoms with E-state index >= 15 is 0 Å². The van der Waals surface area contributed by atoms with Gasteiger partial charge in [-0.25, -0.2) is 0 Å². The van der Waals surface area contributed by atoms with Crippen molar-refractivity contribution in [2.45, 2.75) is 72.7 Å². The molecular weight excluding hydrogens is 356 g/mol. The molecule has 2 nitrogen and oxygen atoms in total. The van der Waals surface area contributed by atoms with Crippen LogP contribution >= 0.6 is 0 Å². The maximum atomic E-state index is 12.6. The van der Waals surface area contributed by atoms with Gasteiger partial charge < -0.3 is 4.74 Å². The van der Waals surface area contributed by atoms with E-state index in [0.29, 0.717) is 5.92 Å². The molecule has 0 aromatic heterocycles. The van der Waals surface area contributed by atoms with Crippen LogP contribution in [0.25, 0.3) is 0 Å². The molecule has 1 atom stereocenters. The van der Waals surface area contributed by atoms with Crippen molar-refractivity contribution in [3.8, 4) is 0 Å². The Morgan fingerprint density at radius 1 is 0.840 bits per heavy atom. The standard InChI is InChI=1S/C20H38O2Si3/c1-16(2)19(21)22-20(17(3)4)25(23(5,6)7,24(8,9)10)18-14-12-11-13-15-18/h11-17,20H,1-10H3. The van der Waals surface area contributed by atoms with Crippen LogP contribution in [-0.2, 0) is 9.53 Å². The molecule has 0 amide bonds. The van der Waals surface area contributed by atoms with Crippen molar-refractivity contribution >= 4 is 33.4 Å². The number of esters is 1. The Labute approximate surface area is 158 Å². The van der Waals surface area contributed by atoms with E-state index in [2.05, 4.69) is 83.5 Å². The fraction of sp³-hybridized carbons (Fsp3) is 0.650. The van der Waals surface area contributed by atoms with Gasteiger partial charge in [-0.2, -0.15) is 0 Å². The lowest BCUT2D eigenvalue weighted by atomic mass is 10.2. The van der Waals surface area contributed by atoms with Gasteiger partial charge in [-0.1, -0.05) is 102 Å². The van der Waals surface area contributed by atoms with Crippen molar-refractivity contribution < 1.29 is 9.53 Å². The van der Waals surface area contributed by atoms with Gasteiger partial charge in [0.2, 0.25) is 0 Å². The van der Waals surface area contributed by atoms with Gasteiger partial charge in [0.05, 0.1) is 11.6 Å². The fourth-order valence-electron chi connectivity index (χ4n) is 4.70. The van der Waals surface area contributed by atoms with E-state index in [1.165, 1.54) is 5.19 Å². The normalized spacial score (nSPS) is 14.7. The predicted molar refractivity (Wildman–Crippen MR) is 118 cm³/mol. The Balaban J connectivity index is 3.76. The molecule has 0 spiro atoms. The van der Waals surface area contributed by atoms with Crippen LogP contribution in [0.3, 0.4) is 0 Å². The molecule has 0 saturated carbocycles.